The summed E-state index contributed by atoms with van der Waals surface area (Å²) in [5, 5.41) is 3.69. The van der Waals surface area contributed by atoms with Crippen molar-refractivity contribution in [2.24, 2.45) is 0 Å². The van der Waals surface area contributed by atoms with E-state index in [1.807, 2.05) is 0 Å². The lowest BCUT2D eigenvalue weighted by atomic mass is 9.82. The Morgan fingerprint density at radius 2 is 1.78 bits per heavy atom. The summed E-state index contributed by atoms with van der Waals surface area (Å²) < 4.78 is 5.76. The second kappa shape index (κ2) is 5.89. The number of ether oxygens (including phenoxy) is 1. The Morgan fingerprint density at radius 3 is 2.33 bits per heavy atom. The van der Waals surface area contributed by atoms with Gasteiger partial charge >= 0.3 is 0 Å². The molecule has 2 heterocycles. The molecule has 2 unspecified atom stereocenters. The van der Waals surface area contributed by atoms with Gasteiger partial charge in [-0.1, -0.05) is 6.42 Å². The molecule has 106 valence electrons. The van der Waals surface area contributed by atoms with Crippen LogP contribution in [0.3, 0.4) is 0 Å². The number of hydrogen-bond donors (Lipinski definition) is 1. The third-order valence-electron chi connectivity index (χ3n) is 4.41. The summed E-state index contributed by atoms with van der Waals surface area (Å²) in [5.41, 5.74) is -0.00896. The Balaban J connectivity index is 1.68. The Morgan fingerprint density at radius 1 is 1.17 bits per heavy atom. The molecule has 0 saturated carbocycles. The van der Waals surface area contributed by atoms with Crippen LogP contribution in [0, 0.1) is 0 Å². The first-order chi connectivity index (χ1) is 8.46. The van der Waals surface area contributed by atoms with E-state index < -0.39 is 0 Å². The first kappa shape index (κ1) is 14.3. The highest BCUT2D eigenvalue weighted by molar-refractivity contribution is 4.93. The van der Waals surface area contributed by atoms with Gasteiger partial charge in [0.2, 0.25) is 0 Å². The minimum atomic E-state index is -0.00896. The lowest BCUT2D eigenvalue weighted by molar-refractivity contribution is -0.00515. The van der Waals surface area contributed by atoms with Gasteiger partial charge in [-0.05, 0) is 53.5 Å². The Bertz CT molecular complexity index is 248. The average Bonchev–Trinajstić information content (AvgIpc) is 2.24. The molecule has 2 aliphatic rings. The number of hydrogen-bond acceptors (Lipinski definition) is 3. The molecule has 3 nitrogen and oxygen atoms in total. The third kappa shape index (κ3) is 3.94. The summed E-state index contributed by atoms with van der Waals surface area (Å²) >= 11 is 0. The van der Waals surface area contributed by atoms with Gasteiger partial charge in [0.1, 0.15) is 0 Å². The highest BCUT2D eigenvalue weighted by Crippen LogP contribution is 2.32. The number of nitrogens with zero attached hydrogens (tertiary/aromatic N) is 1. The van der Waals surface area contributed by atoms with E-state index in [4.69, 9.17) is 4.74 Å². The van der Waals surface area contributed by atoms with Gasteiger partial charge in [0.15, 0.2) is 0 Å². The van der Waals surface area contributed by atoms with Crippen molar-refractivity contribution in [2.75, 3.05) is 20.2 Å². The summed E-state index contributed by atoms with van der Waals surface area (Å²) in [6, 6.07) is 2.34. The molecule has 2 atom stereocenters. The molecule has 2 fully saturated rings. The van der Waals surface area contributed by atoms with E-state index in [1.54, 1.807) is 0 Å². The predicted octanol–water partition coefficient (Wildman–Crippen LogP) is 2.41. The molecule has 0 aromatic rings. The van der Waals surface area contributed by atoms with E-state index in [0.717, 1.165) is 25.2 Å². The summed E-state index contributed by atoms with van der Waals surface area (Å²) in [6.07, 6.45) is 6.86. The lowest BCUT2D eigenvalue weighted by Gasteiger charge is -2.47. The van der Waals surface area contributed by atoms with Crippen molar-refractivity contribution in [1.82, 2.24) is 10.2 Å². The molecule has 0 aromatic heterocycles. The number of rotatable bonds is 4. The van der Waals surface area contributed by atoms with Gasteiger partial charge in [-0.2, -0.15) is 0 Å². The van der Waals surface area contributed by atoms with Crippen molar-refractivity contribution in [3.8, 4) is 0 Å². The molecule has 0 radical (unpaired) electrons. The molecule has 2 saturated heterocycles. The average molecular weight is 254 g/mol. The second-order valence-electron chi connectivity index (χ2n) is 6.99. The van der Waals surface area contributed by atoms with Crippen molar-refractivity contribution >= 4 is 0 Å². The minimum absolute atomic E-state index is 0.00896. The Kier molecular flexibility index (Phi) is 4.68. The summed E-state index contributed by atoms with van der Waals surface area (Å²) in [5.74, 6) is 0. The molecule has 2 bridgehead atoms. The third-order valence-corrected chi connectivity index (χ3v) is 4.41. The first-order valence-electron chi connectivity index (χ1n) is 7.55. The molecule has 1 N–H and O–H groups in total. The van der Waals surface area contributed by atoms with Crippen molar-refractivity contribution in [2.45, 2.75) is 76.6 Å². The maximum atomic E-state index is 5.76. The van der Waals surface area contributed by atoms with Gasteiger partial charge in [0.25, 0.3) is 0 Å². The van der Waals surface area contributed by atoms with Crippen LogP contribution in [0.2, 0.25) is 0 Å². The number of fused-ring (bicyclic) bond motifs is 2. The van der Waals surface area contributed by atoms with Crippen molar-refractivity contribution in [3.63, 3.8) is 0 Å². The van der Waals surface area contributed by atoms with Crippen molar-refractivity contribution < 1.29 is 4.74 Å². The number of nitrogens with one attached hydrogen (secondary N) is 1. The minimum Gasteiger partial charge on any atom is -0.375 e. The summed E-state index contributed by atoms with van der Waals surface area (Å²) in [4.78, 5) is 2.62. The summed E-state index contributed by atoms with van der Waals surface area (Å²) in [7, 11) is 2.31. The van der Waals surface area contributed by atoms with E-state index in [2.05, 4.69) is 38.0 Å². The highest BCUT2D eigenvalue weighted by atomic mass is 16.5. The summed E-state index contributed by atoms with van der Waals surface area (Å²) in [6.45, 7) is 8.17. The molecule has 0 spiro atoms. The molecule has 2 aliphatic heterocycles. The fourth-order valence-electron chi connectivity index (χ4n) is 3.40. The van der Waals surface area contributed by atoms with Crippen LogP contribution < -0.4 is 5.32 Å². The first-order valence-corrected chi connectivity index (χ1v) is 7.55. The lowest BCUT2D eigenvalue weighted by Crippen LogP contribution is -2.54. The molecular weight excluding hydrogens is 224 g/mol. The quantitative estimate of drug-likeness (QED) is 0.780. The van der Waals surface area contributed by atoms with Gasteiger partial charge in [0, 0.05) is 24.7 Å². The molecule has 2 rings (SSSR count). The maximum Gasteiger partial charge on any atom is 0.0599 e. The molecule has 0 aliphatic carbocycles. The monoisotopic (exact) mass is 254 g/mol. The zero-order chi connectivity index (χ0) is 13.2. The maximum absolute atomic E-state index is 5.76. The van der Waals surface area contributed by atoms with Crippen LogP contribution in [-0.2, 0) is 4.74 Å². The van der Waals surface area contributed by atoms with Crippen molar-refractivity contribution in [3.05, 3.63) is 0 Å². The topological polar surface area (TPSA) is 24.5 Å². The fourth-order valence-corrected chi connectivity index (χ4v) is 3.40. The molecule has 0 aromatic carbocycles. The van der Waals surface area contributed by atoms with Gasteiger partial charge in [-0.3, -0.25) is 0 Å². The van der Waals surface area contributed by atoms with Gasteiger partial charge < -0.3 is 15.0 Å². The van der Waals surface area contributed by atoms with Gasteiger partial charge in [0.05, 0.1) is 12.2 Å². The van der Waals surface area contributed by atoms with Crippen LogP contribution in [0.15, 0.2) is 0 Å². The fraction of sp³-hybridized carbons (Fsp3) is 1.00. The van der Waals surface area contributed by atoms with E-state index in [0.29, 0.717) is 6.04 Å². The largest absolute Gasteiger partial charge is 0.375 e. The van der Waals surface area contributed by atoms with Crippen LogP contribution in [0.1, 0.15) is 52.9 Å². The zero-order valence-electron chi connectivity index (χ0n) is 12.5. The van der Waals surface area contributed by atoms with E-state index in [9.17, 15) is 0 Å². The van der Waals surface area contributed by atoms with Crippen LogP contribution in [0.5, 0.6) is 0 Å². The zero-order valence-corrected chi connectivity index (χ0v) is 12.5. The molecule has 18 heavy (non-hydrogen) atoms. The molecule has 3 heteroatoms. The second-order valence-corrected chi connectivity index (χ2v) is 6.99. The van der Waals surface area contributed by atoms with Crippen LogP contribution >= 0.6 is 0 Å². The van der Waals surface area contributed by atoms with E-state index >= 15 is 0 Å². The SMILES string of the molecule is CN1C2CCCC1CC(NCCOC(C)(C)C)C2. The Hall–Kier alpha value is -0.120. The normalized spacial score (nSPS) is 33.7. The van der Waals surface area contributed by atoms with Crippen LogP contribution in [-0.4, -0.2) is 48.8 Å². The number of piperidine rings is 2. The van der Waals surface area contributed by atoms with Gasteiger partial charge in [-0.15, -0.1) is 0 Å². The molecular formula is C15H30N2O. The highest BCUT2D eigenvalue weighted by Gasteiger charge is 2.35. The predicted molar refractivity (Wildman–Crippen MR) is 75.9 cm³/mol. The standard InChI is InChI=1S/C15H30N2O/c1-15(2,3)18-9-8-16-12-10-13-6-5-7-14(11-12)17(13)4/h12-14,16H,5-11H2,1-4H3. The van der Waals surface area contributed by atoms with E-state index in [1.165, 1.54) is 32.1 Å². The van der Waals surface area contributed by atoms with E-state index in [-0.39, 0.29) is 5.60 Å². The smallest absolute Gasteiger partial charge is 0.0599 e. The van der Waals surface area contributed by atoms with Gasteiger partial charge in [-0.25, -0.2) is 0 Å². The Labute approximate surface area is 112 Å². The van der Waals surface area contributed by atoms with Crippen molar-refractivity contribution in [1.29, 1.82) is 0 Å². The molecule has 0 amide bonds. The van der Waals surface area contributed by atoms with Crippen LogP contribution in [0.25, 0.3) is 0 Å². The van der Waals surface area contributed by atoms with Crippen LogP contribution in [0.4, 0.5) is 0 Å².